The molecule has 1 N–H and O–H groups in total. The smallest absolute Gasteiger partial charge is 0.274 e. The molecular weight excluding hydrogens is 318 g/mol. The van der Waals surface area contributed by atoms with Crippen LogP contribution in [0.3, 0.4) is 0 Å². The first-order valence-corrected chi connectivity index (χ1v) is 9.82. The van der Waals surface area contributed by atoms with Gasteiger partial charge in [0, 0.05) is 31.1 Å². The van der Waals surface area contributed by atoms with Crippen molar-refractivity contribution < 1.29 is 14.3 Å². The molecule has 2 saturated heterocycles. The van der Waals surface area contributed by atoms with Crippen LogP contribution in [0, 0.1) is 11.8 Å². The van der Waals surface area contributed by atoms with Crippen LogP contribution in [0.1, 0.15) is 53.8 Å². The molecule has 0 aromatic carbocycles. The van der Waals surface area contributed by atoms with E-state index in [0.717, 1.165) is 69.1 Å². The van der Waals surface area contributed by atoms with Crippen molar-refractivity contribution in [2.75, 3.05) is 32.9 Å². The van der Waals surface area contributed by atoms with Crippen LogP contribution >= 0.6 is 0 Å². The van der Waals surface area contributed by atoms with Gasteiger partial charge in [0.2, 0.25) is 0 Å². The standard InChI is InChI=1S/C19H27N3O3/c23-18(17-15-2-1-3-16(15)20-21-17)22-11-19(12-22)14(7-9-25-19)6-8-24-10-13-4-5-13/h13-14H,1-12H2,(H,20,21)/t14-/m1/s1. The van der Waals surface area contributed by atoms with Gasteiger partial charge in [-0.1, -0.05) is 0 Å². The molecule has 0 unspecified atom stereocenters. The molecule has 0 radical (unpaired) electrons. The van der Waals surface area contributed by atoms with Crippen LogP contribution in [-0.4, -0.2) is 59.5 Å². The number of hydrogen-bond donors (Lipinski definition) is 1. The summed E-state index contributed by atoms with van der Waals surface area (Å²) < 4.78 is 11.9. The van der Waals surface area contributed by atoms with Crippen molar-refractivity contribution in [2.24, 2.45) is 11.8 Å². The van der Waals surface area contributed by atoms with Gasteiger partial charge in [0.25, 0.3) is 5.91 Å². The Morgan fingerprint density at radius 2 is 2.20 bits per heavy atom. The van der Waals surface area contributed by atoms with E-state index >= 15 is 0 Å². The molecule has 0 bridgehead atoms. The molecule has 6 nitrogen and oxygen atoms in total. The van der Waals surface area contributed by atoms with Crippen LogP contribution in [0.2, 0.25) is 0 Å². The topological polar surface area (TPSA) is 67.5 Å². The molecule has 1 aromatic rings. The number of aromatic amines is 1. The second-order valence-electron chi connectivity index (χ2n) is 8.25. The second kappa shape index (κ2) is 6.09. The van der Waals surface area contributed by atoms with E-state index < -0.39 is 0 Å². The van der Waals surface area contributed by atoms with E-state index in [9.17, 15) is 4.79 Å². The summed E-state index contributed by atoms with van der Waals surface area (Å²) in [7, 11) is 0. The Balaban J connectivity index is 1.17. The summed E-state index contributed by atoms with van der Waals surface area (Å²) in [4.78, 5) is 14.7. The molecule has 4 aliphatic rings. The number of aromatic nitrogens is 2. The van der Waals surface area contributed by atoms with Gasteiger partial charge in [-0.05, 0) is 56.8 Å². The van der Waals surface area contributed by atoms with E-state index in [1.807, 2.05) is 4.90 Å². The zero-order valence-corrected chi connectivity index (χ0v) is 14.8. The number of aryl methyl sites for hydroxylation is 1. The first kappa shape index (κ1) is 15.8. The van der Waals surface area contributed by atoms with E-state index in [-0.39, 0.29) is 11.5 Å². The number of nitrogens with one attached hydrogen (secondary N) is 1. The Morgan fingerprint density at radius 1 is 1.32 bits per heavy atom. The molecule has 1 saturated carbocycles. The van der Waals surface area contributed by atoms with E-state index in [1.54, 1.807) is 0 Å². The summed E-state index contributed by atoms with van der Waals surface area (Å²) in [6, 6.07) is 0. The summed E-state index contributed by atoms with van der Waals surface area (Å²) in [5, 5.41) is 7.32. The van der Waals surface area contributed by atoms with Crippen molar-refractivity contribution in [1.29, 1.82) is 0 Å². The van der Waals surface area contributed by atoms with E-state index in [0.29, 0.717) is 24.7 Å². The highest BCUT2D eigenvalue weighted by Crippen LogP contribution is 2.42. The van der Waals surface area contributed by atoms with Gasteiger partial charge in [-0.3, -0.25) is 9.89 Å². The maximum Gasteiger partial charge on any atom is 0.274 e. The van der Waals surface area contributed by atoms with E-state index in [4.69, 9.17) is 9.47 Å². The fourth-order valence-corrected chi connectivity index (χ4v) is 4.69. The number of carbonyl (C=O) groups is 1. The Bertz CT molecular complexity index is 661. The molecule has 3 heterocycles. The fourth-order valence-electron chi connectivity index (χ4n) is 4.69. The SMILES string of the molecule is O=C(c1n[nH]c2c1CCC2)N1CC2(C1)OCC[C@H]2CCOCC1CC1. The zero-order valence-electron chi connectivity index (χ0n) is 14.8. The van der Waals surface area contributed by atoms with Crippen molar-refractivity contribution in [3.63, 3.8) is 0 Å². The van der Waals surface area contributed by atoms with Crippen LogP contribution in [0.4, 0.5) is 0 Å². The third-order valence-corrected chi connectivity index (χ3v) is 6.47. The average molecular weight is 345 g/mol. The van der Waals surface area contributed by atoms with Crippen molar-refractivity contribution in [3.05, 3.63) is 17.0 Å². The van der Waals surface area contributed by atoms with Gasteiger partial charge in [0.1, 0.15) is 5.60 Å². The van der Waals surface area contributed by atoms with Crippen molar-refractivity contribution in [2.45, 2.75) is 50.5 Å². The quantitative estimate of drug-likeness (QED) is 0.800. The van der Waals surface area contributed by atoms with Crippen LogP contribution in [0.15, 0.2) is 0 Å². The first-order valence-electron chi connectivity index (χ1n) is 9.82. The number of rotatable bonds is 6. The maximum atomic E-state index is 12.8. The van der Waals surface area contributed by atoms with Crippen molar-refractivity contribution in [1.82, 2.24) is 15.1 Å². The largest absolute Gasteiger partial charge is 0.381 e. The lowest BCUT2D eigenvalue weighted by Crippen LogP contribution is -2.66. The van der Waals surface area contributed by atoms with Crippen molar-refractivity contribution >= 4 is 5.91 Å². The van der Waals surface area contributed by atoms with Gasteiger partial charge in [-0.25, -0.2) is 0 Å². The number of amides is 1. The molecule has 1 spiro atoms. The highest BCUT2D eigenvalue weighted by Gasteiger charge is 2.54. The lowest BCUT2D eigenvalue weighted by atomic mass is 9.79. The lowest BCUT2D eigenvalue weighted by Gasteiger charge is -2.50. The molecule has 6 heteroatoms. The minimum Gasteiger partial charge on any atom is -0.381 e. The van der Waals surface area contributed by atoms with Gasteiger partial charge in [0.15, 0.2) is 5.69 Å². The molecule has 5 rings (SSSR count). The molecule has 136 valence electrons. The molecule has 1 atom stereocenters. The minimum atomic E-state index is -0.127. The first-order chi connectivity index (χ1) is 12.3. The van der Waals surface area contributed by atoms with Crippen LogP contribution in [0.5, 0.6) is 0 Å². The number of carbonyl (C=O) groups excluding carboxylic acids is 1. The molecular formula is C19H27N3O3. The Morgan fingerprint density at radius 3 is 3.04 bits per heavy atom. The predicted octanol–water partition coefficient (Wildman–Crippen LogP) is 1.95. The van der Waals surface area contributed by atoms with Crippen LogP contribution in [-0.2, 0) is 22.3 Å². The van der Waals surface area contributed by atoms with Gasteiger partial charge in [-0.2, -0.15) is 5.10 Å². The molecule has 1 amide bonds. The Labute approximate surface area is 148 Å². The molecule has 3 fully saturated rings. The summed E-state index contributed by atoms with van der Waals surface area (Å²) in [6.45, 7) is 3.98. The van der Waals surface area contributed by atoms with Gasteiger partial charge in [0.05, 0.1) is 13.1 Å². The highest BCUT2D eigenvalue weighted by molar-refractivity contribution is 5.95. The van der Waals surface area contributed by atoms with Crippen LogP contribution < -0.4 is 0 Å². The summed E-state index contributed by atoms with van der Waals surface area (Å²) in [5.74, 6) is 1.41. The lowest BCUT2D eigenvalue weighted by molar-refractivity contribution is -0.120. The Hall–Kier alpha value is -1.40. The third kappa shape index (κ3) is 2.79. The molecule has 25 heavy (non-hydrogen) atoms. The molecule has 2 aliphatic carbocycles. The predicted molar refractivity (Wildman–Crippen MR) is 91.5 cm³/mol. The van der Waals surface area contributed by atoms with Crippen molar-refractivity contribution in [3.8, 4) is 0 Å². The zero-order chi connectivity index (χ0) is 16.9. The Kier molecular flexibility index (Phi) is 3.86. The fraction of sp³-hybridized carbons (Fsp3) is 0.789. The number of hydrogen-bond acceptors (Lipinski definition) is 4. The maximum absolute atomic E-state index is 12.8. The monoisotopic (exact) mass is 345 g/mol. The van der Waals surface area contributed by atoms with E-state index in [2.05, 4.69) is 10.2 Å². The number of ether oxygens (including phenoxy) is 2. The van der Waals surface area contributed by atoms with Gasteiger partial charge in [-0.15, -0.1) is 0 Å². The highest BCUT2D eigenvalue weighted by atomic mass is 16.5. The normalized spacial score (nSPS) is 26.9. The third-order valence-electron chi connectivity index (χ3n) is 6.47. The number of H-pyrrole nitrogens is 1. The summed E-state index contributed by atoms with van der Waals surface area (Å²) >= 11 is 0. The average Bonchev–Trinajstić information content (AvgIpc) is 2.98. The van der Waals surface area contributed by atoms with Crippen LogP contribution in [0.25, 0.3) is 0 Å². The number of fused-ring (bicyclic) bond motifs is 1. The number of nitrogens with zero attached hydrogens (tertiary/aromatic N) is 2. The minimum absolute atomic E-state index is 0.0734. The summed E-state index contributed by atoms with van der Waals surface area (Å²) in [5.41, 5.74) is 2.81. The van der Waals surface area contributed by atoms with Gasteiger partial charge >= 0.3 is 0 Å². The molecule has 1 aromatic heterocycles. The second-order valence-corrected chi connectivity index (χ2v) is 8.25. The van der Waals surface area contributed by atoms with E-state index in [1.165, 1.54) is 12.8 Å². The summed E-state index contributed by atoms with van der Waals surface area (Å²) in [6.07, 6.45) is 7.93. The molecule has 2 aliphatic heterocycles. The number of likely N-dealkylation sites (tertiary alicyclic amines) is 1. The van der Waals surface area contributed by atoms with Gasteiger partial charge < -0.3 is 14.4 Å².